The van der Waals surface area contributed by atoms with Gasteiger partial charge in [-0.3, -0.25) is 9.59 Å². The van der Waals surface area contributed by atoms with Gasteiger partial charge >= 0.3 is 23.9 Å². The van der Waals surface area contributed by atoms with Crippen molar-refractivity contribution in [1.29, 1.82) is 0 Å². The average Bonchev–Trinajstić information content (AvgIpc) is 4.13. The summed E-state index contributed by atoms with van der Waals surface area (Å²) < 4.78 is 35.4. The largest absolute Gasteiger partial charge is 0.456 e. The van der Waals surface area contributed by atoms with Gasteiger partial charge in [0.25, 0.3) is 0 Å². The van der Waals surface area contributed by atoms with E-state index in [1.165, 1.54) is 0 Å². The summed E-state index contributed by atoms with van der Waals surface area (Å²) in [4.78, 5) is 48.7. The summed E-state index contributed by atoms with van der Waals surface area (Å²) in [5.41, 5.74) is -9.58. The van der Waals surface area contributed by atoms with Crippen LogP contribution >= 0.6 is 0 Å². The number of esters is 4. The highest BCUT2D eigenvalue weighted by molar-refractivity contribution is 5.90. The van der Waals surface area contributed by atoms with Crippen LogP contribution in [0.4, 0.5) is 0 Å². The highest BCUT2D eigenvalue weighted by atomic mass is 16.6. The van der Waals surface area contributed by atoms with E-state index >= 15 is 0 Å². The molecule has 10 fully saturated rings. The number of hydrogen-bond acceptors (Lipinski definition) is 18. The van der Waals surface area contributed by atoms with Crippen LogP contribution in [0.2, 0.25) is 0 Å². The van der Waals surface area contributed by atoms with Crippen molar-refractivity contribution in [2.24, 2.45) is 58.2 Å². The second kappa shape index (κ2) is 21.8. The Morgan fingerprint density at radius 1 is 0.512 bits per heavy atom. The maximum atomic E-state index is 12.5. The third-order valence-corrected chi connectivity index (χ3v) is 23.7. The number of hydrogen-bond donors (Lipinski definition) is 8. The minimum atomic E-state index is -1.60. The standard InChI is InChI=1S/2C29H42O9.6H2O/c2*1-14-10-17(36-24(14)33)23(32)15(2)16-11-20(30)29(35)19-7-6-18-25(3,4)37-21-12-22(31)38-28(18,21)13-27(19,34)9-8-26(16,29)5;;;;;;/h2*10,15-21,23,30,32,34-35H,6-9,11-13H2,1-5H3;6*1H2/t2*15-,16+,17-,18-,19+,20-,21+,23-,26+,27-,28+,29+;;;;;;/m11....../s1. The summed E-state index contributed by atoms with van der Waals surface area (Å²) in [6.07, 6.45) is 1.54. The van der Waals surface area contributed by atoms with Gasteiger partial charge in [0.05, 0.1) is 59.7 Å². The fraction of sp³-hybridized carbons (Fsp3) is 0.862. The minimum absolute atomic E-state index is 0. The summed E-state index contributed by atoms with van der Waals surface area (Å²) in [5, 5.41) is 95.1. The van der Waals surface area contributed by atoms with E-state index in [4.69, 9.17) is 28.4 Å². The predicted molar refractivity (Wildman–Crippen MR) is 288 cm³/mol. The van der Waals surface area contributed by atoms with E-state index in [0.717, 1.165) is 0 Å². The van der Waals surface area contributed by atoms with Gasteiger partial charge in [0.2, 0.25) is 0 Å². The van der Waals surface area contributed by atoms with Crippen LogP contribution in [0.1, 0.15) is 159 Å². The Balaban J connectivity index is 0.000000280. The van der Waals surface area contributed by atoms with Gasteiger partial charge in [-0.05, 0) is 142 Å². The smallest absolute Gasteiger partial charge is 0.334 e. The Morgan fingerprint density at radius 3 is 1.13 bits per heavy atom. The van der Waals surface area contributed by atoms with Crippen LogP contribution in [-0.2, 0) is 47.6 Å². The Hall–Kier alpha value is -3.28. The molecule has 0 aromatic rings. The number of rotatable bonds is 6. The first-order chi connectivity index (χ1) is 35.2. The normalized spacial score (nSPS) is 48.8. The summed E-state index contributed by atoms with van der Waals surface area (Å²) in [6, 6.07) is 0. The van der Waals surface area contributed by atoms with Crippen LogP contribution in [0.25, 0.3) is 0 Å². The second-order valence-electron chi connectivity index (χ2n) is 28.0. The SMILES string of the molecule is CC1=C[C@H]([C@H](O)[C@H](C)[C@@H]2C[C@@H](O)[C@@]3(O)[C@H]4CC[C@@H]5C(C)(C)O[C@H]6CC(=O)O[C@]65C[C@]4(O)CC[C@@]23C)OC1=O.CC1=C[C@H]([C@H](O)[C@H](C)[C@@H]2C[C@@H](O)[C@@]3(O)[C@H]4CC[C@@H]5C(C)(C)O[C@H]6CC(=O)O[C@]65C[C@]4(O)CC[C@@]23C)OC1=O.O.O.O.O.O.O. The van der Waals surface area contributed by atoms with Crippen LogP contribution in [0.3, 0.4) is 0 Å². The van der Waals surface area contributed by atoms with Crippen LogP contribution in [-0.4, -0.2) is 191 Å². The van der Waals surface area contributed by atoms with Crippen LogP contribution in [0.5, 0.6) is 0 Å². The third kappa shape index (κ3) is 9.20. The Kier molecular flexibility index (Phi) is 18.5. The quantitative estimate of drug-likeness (QED) is 0.112. The first kappa shape index (κ1) is 69.5. The molecule has 82 heavy (non-hydrogen) atoms. The number of carbonyl (C=O) groups is 4. The van der Waals surface area contributed by atoms with E-state index in [1.54, 1.807) is 26.0 Å². The van der Waals surface area contributed by atoms with Gasteiger partial charge < -0.3 is 102 Å². The molecule has 24 nitrogen and oxygen atoms in total. The molecule has 12 rings (SSSR count). The van der Waals surface area contributed by atoms with Gasteiger partial charge in [-0.2, -0.15) is 0 Å². The zero-order valence-electron chi connectivity index (χ0n) is 49.0. The van der Waals surface area contributed by atoms with E-state index in [1.807, 2.05) is 55.4 Å². The molecule has 6 aliphatic carbocycles. The molecule has 0 bridgehead atoms. The molecular formula is C58H96O24. The number of aliphatic hydroxyl groups is 8. The predicted octanol–water partition coefficient (Wildman–Crippen LogP) is -1.39. The topological polar surface area (TPSA) is 474 Å². The van der Waals surface area contributed by atoms with Gasteiger partial charge in [-0.1, -0.05) is 27.7 Å². The molecule has 0 unspecified atom stereocenters. The van der Waals surface area contributed by atoms with Gasteiger partial charge in [0.1, 0.15) is 46.8 Å². The molecule has 6 aliphatic heterocycles. The molecule has 24 heteroatoms. The van der Waals surface area contributed by atoms with Crippen molar-refractivity contribution in [3.05, 3.63) is 23.3 Å². The van der Waals surface area contributed by atoms with E-state index in [9.17, 15) is 60.0 Å². The molecule has 20 N–H and O–H groups in total. The van der Waals surface area contributed by atoms with Crippen molar-refractivity contribution in [3.63, 3.8) is 0 Å². The molecule has 0 amide bonds. The molecular weight excluding hydrogens is 1080 g/mol. The summed E-state index contributed by atoms with van der Waals surface area (Å²) in [5.74, 6) is -4.40. The van der Waals surface area contributed by atoms with Crippen LogP contribution in [0.15, 0.2) is 23.3 Å². The Morgan fingerprint density at radius 2 is 0.829 bits per heavy atom. The third-order valence-electron chi connectivity index (χ3n) is 23.7. The number of ether oxygens (including phenoxy) is 6. The van der Waals surface area contributed by atoms with E-state index in [2.05, 4.69) is 0 Å². The van der Waals surface area contributed by atoms with E-state index in [-0.39, 0.29) is 119 Å². The first-order valence-corrected chi connectivity index (χ1v) is 28.4. The molecule has 0 aromatic carbocycles. The molecule has 6 saturated carbocycles. The van der Waals surface area contributed by atoms with Crippen molar-refractivity contribution in [1.82, 2.24) is 0 Å². The zero-order valence-corrected chi connectivity index (χ0v) is 49.0. The van der Waals surface area contributed by atoms with Gasteiger partial charge in [0.15, 0.2) is 0 Å². The molecule has 12 aliphatic rings. The molecule has 24 atom stereocenters. The van der Waals surface area contributed by atoms with Crippen molar-refractivity contribution >= 4 is 23.9 Å². The fourth-order valence-electron chi connectivity index (χ4n) is 20.0. The van der Waals surface area contributed by atoms with E-state index < -0.39 is 128 Å². The summed E-state index contributed by atoms with van der Waals surface area (Å²) >= 11 is 0. The fourth-order valence-corrected chi connectivity index (χ4v) is 20.0. The maximum Gasteiger partial charge on any atom is 0.334 e. The lowest BCUT2D eigenvalue weighted by molar-refractivity contribution is -0.254. The van der Waals surface area contributed by atoms with Crippen LogP contribution in [0, 0.1) is 58.2 Å². The highest BCUT2D eigenvalue weighted by Crippen LogP contribution is 2.71. The average molecular weight is 1180 g/mol. The van der Waals surface area contributed by atoms with Crippen LogP contribution < -0.4 is 0 Å². The summed E-state index contributed by atoms with van der Waals surface area (Å²) in [6.45, 7) is 19.0. The minimum Gasteiger partial charge on any atom is -0.456 e. The zero-order chi connectivity index (χ0) is 55.3. The molecule has 6 heterocycles. The molecule has 0 aromatic heterocycles. The lowest BCUT2D eigenvalue weighted by Gasteiger charge is -2.59. The summed E-state index contributed by atoms with van der Waals surface area (Å²) in [7, 11) is 0. The number of aliphatic hydroxyl groups excluding tert-OH is 4. The highest BCUT2D eigenvalue weighted by Gasteiger charge is 2.79. The number of fused-ring (bicyclic) bond motifs is 6. The lowest BCUT2D eigenvalue weighted by atomic mass is 9.50. The molecule has 4 saturated heterocycles. The number of carbonyl (C=O) groups excluding carboxylic acids is 4. The van der Waals surface area contributed by atoms with E-state index in [0.29, 0.717) is 62.5 Å². The lowest BCUT2D eigenvalue weighted by Crippen LogP contribution is -2.67. The maximum absolute atomic E-state index is 12.5. The molecule has 2 spiro atoms. The first-order valence-electron chi connectivity index (χ1n) is 28.4. The van der Waals surface area contributed by atoms with Crippen molar-refractivity contribution in [2.75, 3.05) is 0 Å². The van der Waals surface area contributed by atoms with Gasteiger partial charge in [-0.15, -0.1) is 0 Å². The van der Waals surface area contributed by atoms with Crippen molar-refractivity contribution in [3.8, 4) is 0 Å². The Bertz CT molecular complexity index is 2350. The monoisotopic (exact) mass is 1180 g/mol. The van der Waals surface area contributed by atoms with Gasteiger partial charge in [-0.25, -0.2) is 9.59 Å². The molecule has 0 radical (unpaired) electrons. The van der Waals surface area contributed by atoms with Gasteiger partial charge in [0, 0.05) is 58.5 Å². The van der Waals surface area contributed by atoms with Crippen molar-refractivity contribution in [2.45, 2.75) is 253 Å². The second-order valence-corrected chi connectivity index (χ2v) is 28.0. The molecule has 472 valence electrons. The number of cyclic esters (lactones) is 2. The Labute approximate surface area is 478 Å². The van der Waals surface area contributed by atoms with Crippen molar-refractivity contribution < 1.29 is 121 Å².